The first kappa shape index (κ1) is 29.3. The highest BCUT2D eigenvalue weighted by atomic mass is 28.4. The fraction of sp³-hybridized carbons (Fsp3) is 0.875. The van der Waals surface area contributed by atoms with E-state index < -0.39 is 8.32 Å². The molecule has 0 bridgehead atoms. The molecule has 0 saturated carbocycles. The summed E-state index contributed by atoms with van der Waals surface area (Å²) in [6.07, 6.45) is 16.0. The van der Waals surface area contributed by atoms with Gasteiger partial charge < -0.3 is 18.6 Å². The molecule has 30 heavy (non-hydrogen) atoms. The molecule has 0 fully saturated rings. The molecule has 5 nitrogen and oxygen atoms in total. The van der Waals surface area contributed by atoms with Crippen molar-refractivity contribution in [1.29, 1.82) is 0 Å². The fourth-order valence-corrected chi connectivity index (χ4v) is 4.60. The maximum Gasteiger partial charge on any atom is 0.305 e. The molecule has 0 aromatic carbocycles. The summed E-state index contributed by atoms with van der Waals surface area (Å²) in [5.74, 6) is -0.115. The van der Waals surface area contributed by atoms with Crippen molar-refractivity contribution in [3.8, 4) is 0 Å². The van der Waals surface area contributed by atoms with Gasteiger partial charge in [-0.2, -0.15) is 0 Å². The Morgan fingerprint density at radius 3 is 2.03 bits per heavy atom. The van der Waals surface area contributed by atoms with Crippen LogP contribution < -0.4 is 0 Å². The van der Waals surface area contributed by atoms with Crippen molar-refractivity contribution in [3.05, 3.63) is 12.2 Å². The van der Waals surface area contributed by atoms with E-state index in [1.165, 1.54) is 26.4 Å². The van der Waals surface area contributed by atoms with Crippen molar-refractivity contribution in [1.82, 2.24) is 0 Å². The van der Waals surface area contributed by atoms with Crippen molar-refractivity contribution >= 4 is 14.3 Å². The minimum absolute atomic E-state index is 0.0458. The number of ether oxygens (including phenoxy) is 3. The molecule has 0 aliphatic heterocycles. The second-order valence-corrected chi connectivity index (χ2v) is 13.5. The first-order chi connectivity index (χ1) is 14.3. The van der Waals surface area contributed by atoms with Crippen LogP contribution in [0, 0.1) is 0 Å². The molecule has 6 heteroatoms. The molecule has 0 heterocycles. The average molecular weight is 445 g/mol. The van der Waals surface area contributed by atoms with Crippen LogP contribution in [0.3, 0.4) is 0 Å². The first-order valence-electron chi connectivity index (χ1n) is 11.8. The van der Waals surface area contributed by atoms with Gasteiger partial charge in [-0.15, -0.1) is 0 Å². The van der Waals surface area contributed by atoms with Crippen LogP contribution in [0.2, 0.25) is 19.6 Å². The summed E-state index contributed by atoms with van der Waals surface area (Å²) in [5, 5.41) is 0. The monoisotopic (exact) mass is 444 g/mol. The van der Waals surface area contributed by atoms with Crippen LogP contribution in [0.5, 0.6) is 0 Å². The second kappa shape index (κ2) is 17.9. The van der Waals surface area contributed by atoms with Crippen LogP contribution in [-0.4, -0.2) is 53.9 Å². The van der Waals surface area contributed by atoms with Crippen molar-refractivity contribution in [3.63, 3.8) is 0 Å². The zero-order valence-corrected chi connectivity index (χ0v) is 21.7. The largest absolute Gasteiger partial charge is 0.469 e. The highest BCUT2D eigenvalue weighted by Crippen LogP contribution is 2.18. The van der Waals surface area contributed by atoms with E-state index >= 15 is 0 Å². The number of methoxy groups -OCH3 is 3. The van der Waals surface area contributed by atoms with Gasteiger partial charge in [-0.05, 0) is 38.9 Å². The summed E-state index contributed by atoms with van der Waals surface area (Å²) in [5.41, 5.74) is 0. The molecule has 0 N–H and O–H groups in total. The van der Waals surface area contributed by atoms with Crippen molar-refractivity contribution in [2.75, 3.05) is 21.3 Å². The van der Waals surface area contributed by atoms with Gasteiger partial charge in [0.2, 0.25) is 0 Å². The van der Waals surface area contributed by atoms with E-state index in [0.717, 1.165) is 44.9 Å². The lowest BCUT2D eigenvalue weighted by atomic mass is 10.0. The minimum Gasteiger partial charge on any atom is -0.469 e. The highest BCUT2D eigenvalue weighted by molar-refractivity contribution is 6.69. The Balaban J connectivity index is 4.50. The number of rotatable bonds is 19. The van der Waals surface area contributed by atoms with Gasteiger partial charge in [-0.25, -0.2) is 0 Å². The number of hydrogen-bond acceptors (Lipinski definition) is 5. The second-order valence-electron chi connectivity index (χ2n) is 9.01. The Bertz CT molecular complexity index is 447. The molecule has 0 rings (SSSR count). The molecular weight excluding hydrogens is 396 g/mol. The van der Waals surface area contributed by atoms with Gasteiger partial charge in [0.25, 0.3) is 0 Å². The molecule has 0 amide bonds. The van der Waals surface area contributed by atoms with Gasteiger partial charge in [-0.1, -0.05) is 64.0 Å². The zero-order chi connectivity index (χ0) is 22.8. The highest BCUT2D eigenvalue weighted by Gasteiger charge is 2.22. The Morgan fingerprint density at radius 1 is 0.833 bits per heavy atom. The van der Waals surface area contributed by atoms with Crippen molar-refractivity contribution in [2.45, 2.75) is 116 Å². The van der Waals surface area contributed by atoms with Crippen molar-refractivity contribution < 1.29 is 23.4 Å². The third-order valence-electron chi connectivity index (χ3n) is 5.15. The van der Waals surface area contributed by atoms with Gasteiger partial charge >= 0.3 is 5.97 Å². The van der Waals surface area contributed by atoms with Crippen LogP contribution in [0.1, 0.15) is 77.6 Å². The van der Waals surface area contributed by atoms with Crippen LogP contribution >= 0.6 is 0 Å². The Morgan fingerprint density at radius 2 is 1.47 bits per heavy atom. The van der Waals surface area contributed by atoms with Gasteiger partial charge in [-0.3, -0.25) is 4.79 Å². The third-order valence-corrected chi connectivity index (χ3v) is 6.16. The summed E-state index contributed by atoms with van der Waals surface area (Å²) in [6, 6.07) is 0. The number of unbranched alkanes of at least 4 members (excludes halogenated alkanes) is 6. The van der Waals surface area contributed by atoms with E-state index in [9.17, 15) is 4.79 Å². The molecule has 0 spiro atoms. The molecule has 0 aliphatic carbocycles. The molecule has 3 atom stereocenters. The van der Waals surface area contributed by atoms with E-state index in [1.807, 2.05) is 0 Å². The Labute approximate surface area is 187 Å². The molecule has 0 aromatic heterocycles. The Kier molecular flexibility index (Phi) is 17.5. The van der Waals surface area contributed by atoms with Gasteiger partial charge in [0.15, 0.2) is 8.32 Å². The zero-order valence-electron chi connectivity index (χ0n) is 20.7. The molecule has 178 valence electrons. The maximum atomic E-state index is 11.1. The van der Waals surface area contributed by atoms with E-state index in [4.69, 9.17) is 13.9 Å². The van der Waals surface area contributed by atoms with Crippen LogP contribution in [0.15, 0.2) is 12.2 Å². The number of carbonyl (C=O) groups excluding carboxylic acids is 1. The lowest BCUT2D eigenvalue weighted by Crippen LogP contribution is -2.32. The van der Waals surface area contributed by atoms with Gasteiger partial charge in [0.05, 0.1) is 19.3 Å². The van der Waals surface area contributed by atoms with Gasteiger partial charge in [0, 0.05) is 20.6 Å². The fourth-order valence-electron chi connectivity index (χ4n) is 3.50. The van der Waals surface area contributed by atoms with Gasteiger partial charge in [0.1, 0.15) is 6.10 Å². The smallest absolute Gasteiger partial charge is 0.305 e. The summed E-state index contributed by atoms with van der Waals surface area (Å²) in [6.45, 7) is 8.95. The molecule has 3 unspecified atom stereocenters. The predicted molar refractivity (Wildman–Crippen MR) is 127 cm³/mol. The van der Waals surface area contributed by atoms with Crippen LogP contribution in [0.4, 0.5) is 0 Å². The third kappa shape index (κ3) is 16.1. The van der Waals surface area contributed by atoms with E-state index in [-0.39, 0.29) is 24.3 Å². The standard InChI is InChI=1S/C24H48O5Si/c1-8-9-13-16-21(29-30(5,6)7)19-20-23(27-3)22(26-2)17-14-11-10-12-15-18-24(25)28-4/h19-23H,8-18H2,1-7H3/b20-19+. The topological polar surface area (TPSA) is 54.0 Å². The Hall–Kier alpha value is -0.693. The van der Waals surface area contributed by atoms with E-state index in [0.29, 0.717) is 6.42 Å². The SMILES string of the molecule is CCCCCC(/C=C/C(OC)C(CCCCCCCC(=O)OC)OC)O[Si](C)(C)C. The average Bonchev–Trinajstić information content (AvgIpc) is 2.70. The molecule has 0 aliphatic rings. The lowest BCUT2D eigenvalue weighted by molar-refractivity contribution is -0.140. The van der Waals surface area contributed by atoms with E-state index in [1.54, 1.807) is 14.2 Å². The quantitative estimate of drug-likeness (QED) is 0.102. The summed E-state index contributed by atoms with van der Waals surface area (Å²) in [4.78, 5) is 11.1. The normalized spacial score (nSPS) is 15.3. The number of hydrogen-bond donors (Lipinski definition) is 0. The molecule has 0 aromatic rings. The predicted octanol–water partition coefficient (Wildman–Crippen LogP) is 6.28. The summed E-state index contributed by atoms with van der Waals surface area (Å²) < 4.78 is 22.5. The van der Waals surface area contributed by atoms with E-state index in [2.05, 4.69) is 43.5 Å². The molecule has 0 radical (unpaired) electrons. The summed E-state index contributed by atoms with van der Waals surface area (Å²) >= 11 is 0. The maximum absolute atomic E-state index is 11.1. The first-order valence-corrected chi connectivity index (χ1v) is 15.2. The number of esters is 1. The number of carbonyl (C=O) groups is 1. The van der Waals surface area contributed by atoms with Crippen LogP contribution in [0.25, 0.3) is 0 Å². The summed E-state index contributed by atoms with van der Waals surface area (Å²) in [7, 11) is 3.36. The molecule has 0 saturated heterocycles. The minimum atomic E-state index is -1.60. The van der Waals surface area contributed by atoms with Crippen molar-refractivity contribution in [2.24, 2.45) is 0 Å². The van der Waals surface area contributed by atoms with Crippen LogP contribution in [-0.2, 0) is 23.4 Å². The molecular formula is C24H48O5Si. The lowest BCUT2D eigenvalue weighted by Gasteiger charge is -2.26.